The Morgan fingerprint density at radius 1 is 1.43 bits per heavy atom. The van der Waals surface area contributed by atoms with E-state index in [0.717, 1.165) is 36.1 Å². The van der Waals surface area contributed by atoms with Gasteiger partial charge in [-0.2, -0.15) is 0 Å². The van der Waals surface area contributed by atoms with Crippen molar-refractivity contribution >= 4 is 0 Å². The van der Waals surface area contributed by atoms with Gasteiger partial charge in [0.2, 0.25) is 0 Å². The summed E-state index contributed by atoms with van der Waals surface area (Å²) in [6.45, 7) is 2.02. The molecule has 2 rings (SSSR count). The van der Waals surface area contributed by atoms with Crippen LogP contribution in [0.4, 0.5) is 0 Å². The number of ether oxygens (including phenoxy) is 1. The van der Waals surface area contributed by atoms with Crippen molar-refractivity contribution in [3.8, 4) is 5.75 Å². The number of aryl methyl sites for hydroxylation is 1. The number of methoxy groups -OCH3 is 1. The third-order valence-electron chi connectivity index (χ3n) is 2.83. The van der Waals surface area contributed by atoms with Crippen LogP contribution in [0.1, 0.15) is 24.0 Å². The van der Waals surface area contributed by atoms with Gasteiger partial charge in [0.05, 0.1) is 12.7 Å². The number of rotatable bonds is 3. The van der Waals surface area contributed by atoms with Gasteiger partial charge in [0.15, 0.2) is 0 Å². The molecule has 1 saturated carbocycles. The number of hydrogen-bond donors (Lipinski definition) is 1. The summed E-state index contributed by atoms with van der Waals surface area (Å²) in [5.74, 6) is 0.909. The molecular formula is C12H16O2. The van der Waals surface area contributed by atoms with Crippen molar-refractivity contribution in [2.24, 2.45) is 0 Å². The summed E-state index contributed by atoms with van der Waals surface area (Å²) in [6.07, 6.45) is 2.62. The van der Waals surface area contributed by atoms with Crippen LogP contribution in [0.25, 0.3) is 0 Å². The van der Waals surface area contributed by atoms with E-state index in [4.69, 9.17) is 4.74 Å². The van der Waals surface area contributed by atoms with E-state index in [1.165, 1.54) is 0 Å². The van der Waals surface area contributed by atoms with Crippen LogP contribution in [0.15, 0.2) is 18.2 Å². The van der Waals surface area contributed by atoms with Crippen LogP contribution < -0.4 is 4.74 Å². The van der Waals surface area contributed by atoms with Crippen molar-refractivity contribution in [1.29, 1.82) is 0 Å². The second kappa shape index (κ2) is 3.28. The molecule has 0 bridgehead atoms. The van der Waals surface area contributed by atoms with Gasteiger partial charge < -0.3 is 9.84 Å². The second-order valence-electron chi connectivity index (χ2n) is 4.21. The molecule has 2 heteroatoms. The third kappa shape index (κ3) is 1.90. The van der Waals surface area contributed by atoms with E-state index < -0.39 is 5.60 Å². The fourth-order valence-electron chi connectivity index (χ4n) is 1.68. The van der Waals surface area contributed by atoms with Gasteiger partial charge in [-0.1, -0.05) is 12.1 Å². The standard InChI is InChI=1S/C12H16O2/c1-9-3-4-10(7-11(9)14-2)8-12(13)5-6-12/h3-4,7,13H,5-6,8H2,1-2H3. The molecule has 0 aromatic heterocycles. The normalized spacial score (nSPS) is 17.9. The van der Waals surface area contributed by atoms with E-state index >= 15 is 0 Å². The first-order valence-electron chi connectivity index (χ1n) is 4.99. The molecule has 14 heavy (non-hydrogen) atoms. The predicted molar refractivity (Wildman–Crippen MR) is 55.6 cm³/mol. The molecule has 1 fully saturated rings. The molecule has 1 aliphatic rings. The molecule has 0 unspecified atom stereocenters. The highest BCUT2D eigenvalue weighted by Crippen LogP contribution is 2.38. The Morgan fingerprint density at radius 2 is 2.14 bits per heavy atom. The van der Waals surface area contributed by atoms with Gasteiger partial charge >= 0.3 is 0 Å². The number of aliphatic hydroxyl groups is 1. The van der Waals surface area contributed by atoms with Crippen molar-refractivity contribution in [2.75, 3.05) is 7.11 Å². The van der Waals surface area contributed by atoms with E-state index in [9.17, 15) is 5.11 Å². The zero-order valence-electron chi connectivity index (χ0n) is 8.71. The quantitative estimate of drug-likeness (QED) is 0.794. The molecule has 0 spiro atoms. The lowest BCUT2D eigenvalue weighted by Crippen LogP contribution is -2.10. The van der Waals surface area contributed by atoms with E-state index in [2.05, 4.69) is 6.07 Å². The topological polar surface area (TPSA) is 29.5 Å². The molecule has 0 amide bonds. The van der Waals surface area contributed by atoms with Gasteiger partial charge in [0.1, 0.15) is 5.75 Å². The zero-order valence-corrected chi connectivity index (χ0v) is 8.71. The van der Waals surface area contributed by atoms with Crippen molar-refractivity contribution in [3.63, 3.8) is 0 Å². The Balaban J connectivity index is 2.18. The average Bonchev–Trinajstić information content (AvgIpc) is 2.87. The first-order valence-corrected chi connectivity index (χ1v) is 4.99. The molecule has 1 aliphatic carbocycles. The van der Waals surface area contributed by atoms with Crippen LogP contribution >= 0.6 is 0 Å². The summed E-state index contributed by atoms with van der Waals surface area (Å²) in [4.78, 5) is 0. The van der Waals surface area contributed by atoms with Crippen LogP contribution in [-0.4, -0.2) is 17.8 Å². The minimum Gasteiger partial charge on any atom is -0.496 e. The molecule has 0 atom stereocenters. The summed E-state index contributed by atoms with van der Waals surface area (Å²) >= 11 is 0. The highest BCUT2D eigenvalue weighted by atomic mass is 16.5. The lowest BCUT2D eigenvalue weighted by molar-refractivity contribution is 0.151. The van der Waals surface area contributed by atoms with Crippen LogP contribution in [-0.2, 0) is 6.42 Å². The largest absolute Gasteiger partial charge is 0.496 e. The van der Waals surface area contributed by atoms with Crippen molar-refractivity contribution < 1.29 is 9.84 Å². The van der Waals surface area contributed by atoms with E-state index in [-0.39, 0.29) is 0 Å². The van der Waals surface area contributed by atoms with Gasteiger partial charge in [0.25, 0.3) is 0 Å². The van der Waals surface area contributed by atoms with Gasteiger partial charge in [-0.3, -0.25) is 0 Å². The summed E-state index contributed by atoms with van der Waals surface area (Å²) in [6, 6.07) is 6.12. The van der Waals surface area contributed by atoms with Gasteiger partial charge in [-0.15, -0.1) is 0 Å². The molecule has 2 nitrogen and oxygen atoms in total. The lowest BCUT2D eigenvalue weighted by atomic mass is 10.0. The fraction of sp³-hybridized carbons (Fsp3) is 0.500. The Bertz CT molecular complexity index is 340. The lowest BCUT2D eigenvalue weighted by Gasteiger charge is -2.10. The zero-order chi connectivity index (χ0) is 10.2. The van der Waals surface area contributed by atoms with Crippen LogP contribution in [0.2, 0.25) is 0 Å². The third-order valence-corrected chi connectivity index (χ3v) is 2.83. The maximum Gasteiger partial charge on any atom is 0.122 e. The minimum absolute atomic E-state index is 0.416. The molecule has 0 heterocycles. The Hall–Kier alpha value is -1.02. The summed E-state index contributed by atoms with van der Waals surface area (Å²) in [5, 5.41) is 9.77. The number of benzene rings is 1. The van der Waals surface area contributed by atoms with Crippen molar-refractivity contribution in [2.45, 2.75) is 31.8 Å². The van der Waals surface area contributed by atoms with E-state index in [1.807, 2.05) is 19.1 Å². The first-order chi connectivity index (χ1) is 6.63. The van der Waals surface area contributed by atoms with Gasteiger partial charge in [0, 0.05) is 6.42 Å². The van der Waals surface area contributed by atoms with Crippen LogP contribution in [0.5, 0.6) is 5.75 Å². The smallest absolute Gasteiger partial charge is 0.122 e. The number of hydrogen-bond acceptors (Lipinski definition) is 2. The highest BCUT2D eigenvalue weighted by Gasteiger charge is 2.40. The van der Waals surface area contributed by atoms with Gasteiger partial charge in [-0.05, 0) is 37.0 Å². The molecule has 0 radical (unpaired) electrons. The Morgan fingerprint density at radius 3 is 2.71 bits per heavy atom. The maximum absolute atomic E-state index is 9.77. The highest BCUT2D eigenvalue weighted by molar-refractivity contribution is 5.37. The van der Waals surface area contributed by atoms with E-state index in [1.54, 1.807) is 7.11 Å². The summed E-state index contributed by atoms with van der Waals surface area (Å²) in [5.41, 5.74) is 1.88. The summed E-state index contributed by atoms with van der Waals surface area (Å²) in [7, 11) is 1.68. The molecule has 0 saturated heterocycles. The fourth-order valence-corrected chi connectivity index (χ4v) is 1.68. The molecule has 76 valence electrons. The van der Waals surface area contributed by atoms with Crippen LogP contribution in [0, 0.1) is 6.92 Å². The minimum atomic E-state index is -0.416. The van der Waals surface area contributed by atoms with E-state index in [0.29, 0.717) is 0 Å². The second-order valence-corrected chi connectivity index (χ2v) is 4.21. The molecule has 1 N–H and O–H groups in total. The average molecular weight is 192 g/mol. The van der Waals surface area contributed by atoms with Crippen molar-refractivity contribution in [1.82, 2.24) is 0 Å². The monoisotopic (exact) mass is 192 g/mol. The molecule has 0 aliphatic heterocycles. The molecule has 1 aromatic rings. The Kier molecular flexibility index (Phi) is 2.23. The van der Waals surface area contributed by atoms with Crippen molar-refractivity contribution in [3.05, 3.63) is 29.3 Å². The predicted octanol–water partition coefficient (Wildman–Crippen LogP) is 2.07. The maximum atomic E-state index is 9.77. The molecule has 1 aromatic carbocycles. The Labute approximate surface area is 84.5 Å². The molecular weight excluding hydrogens is 176 g/mol. The first kappa shape index (κ1) is 9.53. The van der Waals surface area contributed by atoms with Crippen LogP contribution in [0.3, 0.4) is 0 Å². The SMILES string of the molecule is COc1cc(CC2(O)CC2)ccc1C. The summed E-state index contributed by atoms with van der Waals surface area (Å²) < 4.78 is 5.24. The van der Waals surface area contributed by atoms with Gasteiger partial charge in [-0.25, -0.2) is 0 Å².